The van der Waals surface area contributed by atoms with Crippen LogP contribution in [-0.4, -0.2) is 26.0 Å². The van der Waals surface area contributed by atoms with Crippen LogP contribution >= 0.6 is 35.0 Å². The molecule has 1 unspecified atom stereocenters. The number of hydrogen-bond acceptors (Lipinski definition) is 4. The van der Waals surface area contributed by atoms with Crippen LogP contribution in [0, 0.1) is 0 Å². The van der Waals surface area contributed by atoms with Crippen molar-refractivity contribution >= 4 is 45.0 Å². The van der Waals surface area contributed by atoms with Crippen LogP contribution in [0.1, 0.15) is 12.0 Å². The van der Waals surface area contributed by atoms with E-state index in [1.54, 1.807) is 11.8 Å². The second-order valence-corrected chi connectivity index (χ2v) is 7.84. The van der Waals surface area contributed by atoms with Crippen LogP contribution < -0.4 is 10.5 Å². The van der Waals surface area contributed by atoms with E-state index in [1.807, 2.05) is 0 Å². The van der Waals surface area contributed by atoms with Crippen LogP contribution in [0.3, 0.4) is 0 Å². The second-order valence-electron chi connectivity index (χ2n) is 4.22. The Hall–Kier alpha value is 0.0200. The lowest BCUT2D eigenvalue weighted by Gasteiger charge is -2.15. The van der Waals surface area contributed by atoms with Crippen molar-refractivity contribution in [1.29, 1.82) is 0 Å². The van der Waals surface area contributed by atoms with E-state index in [-0.39, 0.29) is 22.5 Å². The molecule has 0 spiro atoms. The topological polar surface area (TPSA) is 72.2 Å². The molecule has 2 rings (SSSR count). The lowest BCUT2D eigenvalue weighted by Crippen LogP contribution is -2.34. The summed E-state index contributed by atoms with van der Waals surface area (Å²) in [5.74, 6) is 1.75. The molecule has 0 aromatic heterocycles. The third-order valence-electron chi connectivity index (χ3n) is 2.90. The van der Waals surface area contributed by atoms with Crippen LogP contribution in [-0.2, 0) is 16.6 Å². The normalized spacial score (nSPS) is 19.8. The first-order valence-electron chi connectivity index (χ1n) is 5.72. The van der Waals surface area contributed by atoms with Gasteiger partial charge in [-0.2, -0.15) is 11.8 Å². The maximum atomic E-state index is 12.3. The van der Waals surface area contributed by atoms with Gasteiger partial charge in [0.05, 0.1) is 5.02 Å². The molecule has 1 heterocycles. The summed E-state index contributed by atoms with van der Waals surface area (Å²) in [5.41, 5.74) is 5.99. The third kappa shape index (κ3) is 3.37. The Morgan fingerprint density at radius 1 is 1.42 bits per heavy atom. The summed E-state index contributed by atoms with van der Waals surface area (Å²) in [4.78, 5) is 0.0379. The number of nitrogens with two attached hydrogens (primary N) is 1. The van der Waals surface area contributed by atoms with Gasteiger partial charge >= 0.3 is 0 Å². The molecule has 1 aliphatic heterocycles. The molecule has 1 atom stereocenters. The summed E-state index contributed by atoms with van der Waals surface area (Å²) < 4.78 is 27.3. The number of hydrogen-bond donors (Lipinski definition) is 2. The first kappa shape index (κ1) is 15.4. The maximum absolute atomic E-state index is 12.3. The van der Waals surface area contributed by atoms with E-state index in [0.717, 1.165) is 17.9 Å². The fraction of sp³-hybridized carbons (Fsp3) is 0.455. The molecule has 3 N–H and O–H groups in total. The Morgan fingerprint density at radius 3 is 2.74 bits per heavy atom. The van der Waals surface area contributed by atoms with E-state index >= 15 is 0 Å². The summed E-state index contributed by atoms with van der Waals surface area (Å²) >= 11 is 13.8. The quantitative estimate of drug-likeness (QED) is 0.881. The van der Waals surface area contributed by atoms with Crippen molar-refractivity contribution in [3.8, 4) is 0 Å². The third-order valence-corrected chi connectivity index (χ3v) is 6.52. The van der Waals surface area contributed by atoms with Crippen molar-refractivity contribution in [3.63, 3.8) is 0 Å². The molecule has 0 radical (unpaired) electrons. The largest absolute Gasteiger partial charge is 0.326 e. The first-order valence-corrected chi connectivity index (χ1v) is 9.12. The average molecular weight is 341 g/mol. The van der Waals surface area contributed by atoms with Gasteiger partial charge in [0.1, 0.15) is 4.90 Å². The maximum Gasteiger partial charge on any atom is 0.242 e. The highest BCUT2D eigenvalue weighted by molar-refractivity contribution is 7.99. The van der Waals surface area contributed by atoms with Gasteiger partial charge in [0.15, 0.2) is 0 Å². The van der Waals surface area contributed by atoms with Crippen molar-refractivity contribution in [3.05, 3.63) is 27.7 Å². The highest BCUT2D eigenvalue weighted by atomic mass is 35.5. The molecule has 4 nitrogen and oxygen atoms in total. The minimum absolute atomic E-state index is 0.0379. The zero-order valence-electron chi connectivity index (χ0n) is 10.0. The molecule has 0 bridgehead atoms. The van der Waals surface area contributed by atoms with Crippen molar-refractivity contribution < 1.29 is 8.42 Å². The molecule has 0 amide bonds. The van der Waals surface area contributed by atoms with E-state index in [9.17, 15) is 8.42 Å². The lowest BCUT2D eigenvalue weighted by molar-refractivity contribution is 0.563. The Labute approximate surface area is 127 Å². The van der Waals surface area contributed by atoms with Crippen molar-refractivity contribution in [2.75, 3.05) is 11.5 Å². The monoisotopic (exact) mass is 340 g/mol. The molecule has 0 saturated carbocycles. The van der Waals surface area contributed by atoms with Gasteiger partial charge in [0, 0.05) is 28.9 Å². The SMILES string of the molecule is NCc1c(Cl)ccc(S(=O)(=O)NC2CCSC2)c1Cl. The predicted octanol–water partition coefficient (Wildman–Crippen LogP) is 2.24. The van der Waals surface area contributed by atoms with Crippen LogP contribution in [0.4, 0.5) is 0 Å². The summed E-state index contributed by atoms with van der Waals surface area (Å²) in [6.45, 7) is 0.0975. The molecule has 0 aliphatic carbocycles. The van der Waals surface area contributed by atoms with Crippen LogP contribution in [0.15, 0.2) is 17.0 Å². The van der Waals surface area contributed by atoms with Crippen LogP contribution in [0.25, 0.3) is 0 Å². The standard InChI is InChI=1S/C11H14Cl2N2O2S2/c12-9-1-2-10(11(13)8(9)5-14)19(16,17)15-7-3-4-18-6-7/h1-2,7,15H,3-6,14H2. The van der Waals surface area contributed by atoms with Gasteiger partial charge in [-0.25, -0.2) is 13.1 Å². The number of sulfonamides is 1. The smallest absolute Gasteiger partial charge is 0.242 e. The van der Waals surface area contributed by atoms with Gasteiger partial charge in [-0.05, 0) is 24.3 Å². The number of nitrogens with one attached hydrogen (secondary N) is 1. The fourth-order valence-electron chi connectivity index (χ4n) is 1.88. The summed E-state index contributed by atoms with van der Waals surface area (Å²) in [7, 11) is -3.63. The van der Waals surface area contributed by atoms with Crippen molar-refractivity contribution in [2.24, 2.45) is 5.73 Å². The molecule has 19 heavy (non-hydrogen) atoms. The fourth-order valence-corrected chi connectivity index (χ4v) is 5.34. The first-order chi connectivity index (χ1) is 8.95. The minimum Gasteiger partial charge on any atom is -0.326 e. The van der Waals surface area contributed by atoms with Crippen molar-refractivity contribution in [1.82, 2.24) is 4.72 Å². The summed E-state index contributed by atoms with van der Waals surface area (Å²) in [6, 6.07) is 2.88. The van der Waals surface area contributed by atoms with E-state index < -0.39 is 10.0 Å². The number of halogens is 2. The molecular formula is C11H14Cl2N2O2S2. The molecule has 1 saturated heterocycles. The van der Waals surface area contributed by atoms with Crippen LogP contribution in [0.5, 0.6) is 0 Å². The lowest BCUT2D eigenvalue weighted by atomic mass is 10.2. The van der Waals surface area contributed by atoms with Gasteiger partial charge in [-0.15, -0.1) is 0 Å². The Bertz CT molecular complexity index is 572. The highest BCUT2D eigenvalue weighted by Crippen LogP contribution is 2.31. The van der Waals surface area contributed by atoms with Gasteiger partial charge in [-0.3, -0.25) is 0 Å². The van der Waals surface area contributed by atoms with E-state index in [1.165, 1.54) is 12.1 Å². The molecule has 106 valence electrons. The van der Waals surface area contributed by atoms with Gasteiger partial charge in [-0.1, -0.05) is 23.2 Å². The van der Waals surface area contributed by atoms with E-state index in [0.29, 0.717) is 10.6 Å². The molecule has 1 aromatic rings. The minimum atomic E-state index is -3.63. The molecule has 1 fully saturated rings. The average Bonchev–Trinajstić information content (AvgIpc) is 2.81. The predicted molar refractivity (Wildman–Crippen MR) is 80.4 cm³/mol. The second kappa shape index (κ2) is 6.20. The molecule has 1 aromatic carbocycles. The zero-order chi connectivity index (χ0) is 14.0. The molecule has 8 heteroatoms. The summed E-state index contributed by atoms with van der Waals surface area (Å²) in [5, 5.41) is 0.482. The Kier molecular flexibility index (Phi) is 5.03. The van der Waals surface area contributed by atoms with E-state index in [4.69, 9.17) is 28.9 Å². The summed E-state index contributed by atoms with van der Waals surface area (Å²) in [6.07, 6.45) is 0.832. The molecular weight excluding hydrogens is 327 g/mol. The Morgan fingerprint density at radius 2 is 2.16 bits per heavy atom. The number of benzene rings is 1. The van der Waals surface area contributed by atoms with Gasteiger partial charge in [0.25, 0.3) is 0 Å². The van der Waals surface area contributed by atoms with Gasteiger partial charge in [0.2, 0.25) is 10.0 Å². The highest BCUT2D eigenvalue weighted by Gasteiger charge is 2.26. The van der Waals surface area contributed by atoms with Gasteiger partial charge < -0.3 is 5.73 Å². The molecule has 1 aliphatic rings. The number of thioether (sulfide) groups is 1. The number of rotatable bonds is 4. The zero-order valence-corrected chi connectivity index (χ0v) is 13.2. The Balaban J connectivity index is 2.34. The van der Waals surface area contributed by atoms with Crippen molar-refractivity contribution in [2.45, 2.75) is 23.9 Å². The van der Waals surface area contributed by atoms with Crippen LogP contribution in [0.2, 0.25) is 10.0 Å². The van der Waals surface area contributed by atoms with E-state index in [2.05, 4.69) is 4.72 Å².